The Bertz CT molecular complexity index is 1480. The molecule has 1 atom stereocenters. The van der Waals surface area contributed by atoms with Crippen LogP contribution in [0.4, 0.5) is 5.69 Å². The maximum absolute atomic E-state index is 14.0. The van der Waals surface area contributed by atoms with Gasteiger partial charge in [0.2, 0.25) is 11.8 Å². The third kappa shape index (κ3) is 8.14. The highest BCUT2D eigenvalue weighted by Crippen LogP contribution is 2.34. The Kier molecular flexibility index (Phi) is 10.3. The molecule has 1 N–H and O–H groups in total. The number of benzene rings is 3. The molecular weight excluding hydrogens is 566 g/mol. The second kappa shape index (κ2) is 13.3. The molecule has 3 rings (SSSR count). The first kappa shape index (κ1) is 31.8. The number of nitrogens with zero attached hydrogens (tertiary/aromatic N) is 2. The van der Waals surface area contributed by atoms with Crippen molar-refractivity contribution in [1.29, 1.82) is 0 Å². The van der Waals surface area contributed by atoms with Crippen molar-refractivity contribution in [3.05, 3.63) is 83.4 Å². The molecule has 3 aromatic rings. The highest BCUT2D eigenvalue weighted by Gasteiger charge is 2.33. The molecule has 0 aliphatic heterocycles. The molecule has 0 bridgehead atoms. The fourth-order valence-corrected chi connectivity index (χ4v) is 5.76. The number of amides is 2. The first-order valence-corrected chi connectivity index (χ1v) is 14.7. The molecule has 220 valence electrons. The second-order valence-corrected chi connectivity index (χ2v) is 12.7. The highest BCUT2D eigenvalue weighted by molar-refractivity contribution is 7.92. The van der Waals surface area contributed by atoms with Gasteiger partial charge in [0.1, 0.15) is 12.6 Å². The zero-order valence-electron chi connectivity index (χ0n) is 24.0. The summed E-state index contributed by atoms with van der Waals surface area (Å²) in [5.41, 5.74) is 0.331. The van der Waals surface area contributed by atoms with E-state index in [0.717, 1.165) is 4.31 Å². The third-order valence-electron chi connectivity index (χ3n) is 6.17. The Morgan fingerprint density at radius 2 is 1.59 bits per heavy atom. The van der Waals surface area contributed by atoms with Crippen LogP contribution in [-0.4, -0.2) is 57.5 Å². The van der Waals surface area contributed by atoms with Crippen molar-refractivity contribution < 1.29 is 27.5 Å². The van der Waals surface area contributed by atoms with Gasteiger partial charge < -0.3 is 19.7 Å². The minimum atomic E-state index is -4.21. The molecule has 0 spiro atoms. The van der Waals surface area contributed by atoms with Crippen LogP contribution in [0.2, 0.25) is 5.02 Å². The molecule has 0 fully saturated rings. The number of sulfonamides is 1. The van der Waals surface area contributed by atoms with Gasteiger partial charge >= 0.3 is 0 Å². The molecule has 0 aromatic heterocycles. The minimum absolute atomic E-state index is 0.00231. The van der Waals surface area contributed by atoms with Crippen LogP contribution in [0.3, 0.4) is 0 Å². The van der Waals surface area contributed by atoms with Crippen LogP contribution in [0.15, 0.2) is 77.7 Å². The van der Waals surface area contributed by atoms with Crippen LogP contribution >= 0.6 is 11.6 Å². The van der Waals surface area contributed by atoms with Crippen molar-refractivity contribution in [2.24, 2.45) is 0 Å². The third-order valence-corrected chi connectivity index (χ3v) is 8.20. The lowest BCUT2D eigenvalue weighted by Crippen LogP contribution is -2.54. The fourth-order valence-electron chi connectivity index (χ4n) is 4.12. The molecule has 2 amide bonds. The quantitative estimate of drug-likeness (QED) is 0.336. The lowest BCUT2D eigenvalue weighted by molar-refractivity contribution is -0.140. The van der Waals surface area contributed by atoms with Crippen LogP contribution in [0.25, 0.3) is 0 Å². The summed E-state index contributed by atoms with van der Waals surface area (Å²) in [6.45, 7) is 6.57. The number of rotatable bonds is 11. The summed E-state index contributed by atoms with van der Waals surface area (Å²) >= 11 is 6.19. The Morgan fingerprint density at radius 3 is 2.17 bits per heavy atom. The second-order valence-electron chi connectivity index (χ2n) is 10.4. The van der Waals surface area contributed by atoms with Gasteiger partial charge in [-0.05, 0) is 69.7 Å². The predicted octanol–water partition coefficient (Wildman–Crippen LogP) is 4.88. The molecule has 3 aromatic carbocycles. The van der Waals surface area contributed by atoms with Gasteiger partial charge in [0, 0.05) is 23.2 Å². The minimum Gasteiger partial charge on any atom is -0.493 e. The van der Waals surface area contributed by atoms with E-state index in [-0.39, 0.29) is 23.0 Å². The Labute approximate surface area is 247 Å². The highest BCUT2D eigenvalue weighted by atomic mass is 35.5. The smallest absolute Gasteiger partial charge is 0.264 e. The number of halogens is 1. The van der Waals surface area contributed by atoms with Gasteiger partial charge in [-0.2, -0.15) is 0 Å². The van der Waals surface area contributed by atoms with Crippen LogP contribution < -0.4 is 19.1 Å². The molecule has 0 aliphatic carbocycles. The van der Waals surface area contributed by atoms with E-state index in [4.69, 9.17) is 21.1 Å². The summed E-state index contributed by atoms with van der Waals surface area (Å²) in [6.07, 6.45) is 0. The van der Waals surface area contributed by atoms with Gasteiger partial charge in [-0.25, -0.2) is 8.42 Å². The molecule has 0 saturated carbocycles. The van der Waals surface area contributed by atoms with E-state index in [1.54, 1.807) is 55.5 Å². The number of nitrogens with one attached hydrogen (secondary N) is 1. The van der Waals surface area contributed by atoms with Crippen LogP contribution in [0.1, 0.15) is 33.3 Å². The molecule has 0 heterocycles. The molecule has 11 heteroatoms. The first-order valence-electron chi connectivity index (χ1n) is 12.9. The van der Waals surface area contributed by atoms with E-state index in [9.17, 15) is 18.0 Å². The van der Waals surface area contributed by atoms with Crippen LogP contribution in [0.5, 0.6) is 11.5 Å². The number of carbonyl (C=O) groups excluding carboxylic acids is 2. The van der Waals surface area contributed by atoms with E-state index in [1.807, 2.05) is 20.8 Å². The van der Waals surface area contributed by atoms with Crippen molar-refractivity contribution in [1.82, 2.24) is 10.2 Å². The average Bonchev–Trinajstić information content (AvgIpc) is 2.93. The van der Waals surface area contributed by atoms with Gasteiger partial charge in [0.15, 0.2) is 11.5 Å². The summed E-state index contributed by atoms with van der Waals surface area (Å²) < 4.78 is 39.6. The van der Waals surface area contributed by atoms with Crippen molar-refractivity contribution in [2.75, 3.05) is 25.1 Å². The monoisotopic (exact) mass is 601 g/mol. The Morgan fingerprint density at radius 1 is 0.927 bits per heavy atom. The molecular formula is C30H36ClN3O6S. The van der Waals surface area contributed by atoms with Gasteiger partial charge in [0.05, 0.1) is 24.8 Å². The number of methoxy groups -OCH3 is 2. The average molecular weight is 602 g/mol. The zero-order valence-corrected chi connectivity index (χ0v) is 25.6. The normalized spacial score (nSPS) is 12.3. The number of ether oxygens (including phenoxy) is 2. The lowest BCUT2D eigenvalue weighted by Gasteiger charge is -2.33. The number of hydrogen-bond acceptors (Lipinski definition) is 6. The molecule has 9 nitrogen and oxygen atoms in total. The van der Waals surface area contributed by atoms with Gasteiger partial charge in [-0.1, -0.05) is 41.9 Å². The van der Waals surface area contributed by atoms with Crippen LogP contribution in [0, 0.1) is 0 Å². The van der Waals surface area contributed by atoms with Crippen molar-refractivity contribution in [3.63, 3.8) is 0 Å². The number of anilines is 1. The summed E-state index contributed by atoms with van der Waals surface area (Å²) in [5.74, 6) is -0.276. The molecule has 0 aliphatic rings. The number of hydrogen-bond donors (Lipinski definition) is 1. The zero-order chi connectivity index (χ0) is 30.4. The number of carbonyl (C=O) groups is 2. The largest absolute Gasteiger partial charge is 0.493 e. The summed E-state index contributed by atoms with van der Waals surface area (Å²) in [5, 5.41) is 3.37. The summed E-state index contributed by atoms with van der Waals surface area (Å²) in [6, 6.07) is 18.4. The molecule has 41 heavy (non-hydrogen) atoms. The van der Waals surface area contributed by atoms with E-state index in [0.29, 0.717) is 22.1 Å². The van der Waals surface area contributed by atoms with Crippen molar-refractivity contribution in [2.45, 2.75) is 50.7 Å². The molecule has 0 radical (unpaired) electrons. The Hall–Kier alpha value is -3.76. The van der Waals surface area contributed by atoms with Gasteiger partial charge in [0.25, 0.3) is 10.0 Å². The first-order chi connectivity index (χ1) is 19.3. The Balaban J connectivity index is 2.09. The van der Waals surface area contributed by atoms with Gasteiger partial charge in [-0.3, -0.25) is 13.9 Å². The van der Waals surface area contributed by atoms with E-state index < -0.39 is 34.1 Å². The summed E-state index contributed by atoms with van der Waals surface area (Å²) in [4.78, 5) is 28.6. The van der Waals surface area contributed by atoms with Crippen LogP contribution in [-0.2, 0) is 26.2 Å². The predicted molar refractivity (Wildman–Crippen MR) is 160 cm³/mol. The van der Waals surface area contributed by atoms with Gasteiger partial charge in [-0.15, -0.1) is 0 Å². The summed E-state index contributed by atoms with van der Waals surface area (Å²) in [7, 11) is -1.31. The topological polar surface area (TPSA) is 105 Å². The van der Waals surface area contributed by atoms with E-state index in [1.165, 1.54) is 43.4 Å². The maximum atomic E-state index is 14.0. The van der Waals surface area contributed by atoms with E-state index >= 15 is 0 Å². The standard InChI is InChI=1S/C30H36ClN3O6S/c1-21(29(36)32-30(2,3)4)33(19-22-11-10-12-23(31)17-22)28(35)20-34(41(37,38)25-13-8-7-9-14-25)24-15-16-26(39-5)27(18-24)40-6/h7-18,21H,19-20H2,1-6H3,(H,32,36). The SMILES string of the molecule is COc1ccc(N(CC(=O)N(Cc2cccc(Cl)c2)C(C)C(=O)NC(C)(C)C)S(=O)(=O)c2ccccc2)cc1OC. The fraction of sp³-hybridized carbons (Fsp3) is 0.333. The molecule has 1 unspecified atom stereocenters. The lowest BCUT2D eigenvalue weighted by atomic mass is 10.1. The maximum Gasteiger partial charge on any atom is 0.264 e. The van der Waals surface area contributed by atoms with Crippen molar-refractivity contribution in [3.8, 4) is 11.5 Å². The van der Waals surface area contributed by atoms with E-state index in [2.05, 4.69) is 5.32 Å². The molecule has 0 saturated heterocycles. The van der Waals surface area contributed by atoms with Crippen molar-refractivity contribution >= 4 is 39.1 Å².